The number of benzene rings is 3. The predicted molar refractivity (Wildman–Crippen MR) is 128 cm³/mol. The van der Waals surface area contributed by atoms with Crippen LogP contribution in [0.25, 0.3) is 11.1 Å². The molecule has 3 aromatic rings. The number of halogens is 1. The normalized spacial score (nSPS) is 14.8. The van der Waals surface area contributed by atoms with E-state index in [1.807, 2.05) is 42.5 Å². The van der Waals surface area contributed by atoms with Crippen molar-refractivity contribution < 1.29 is 26.8 Å². The lowest BCUT2D eigenvalue weighted by Gasteiger charge is -2.44. The summed E-state index contributed by atoms with van der Waals surface area (Å²) in [6.45, 7) is 4.15. The lowest BCUT2D eigenvalue weighted by atomic mass is 10.0. The maximum atomic E-state index is 11.6. The zero-order valence-electron chi connectivity index (χ0n) is 18.5. The van der Waals surface area contributed by atoms with Gasteiger partial charge >= 0.3 is 5.97 Å². The van der Waals surface area contributed by atoms with Gasteiger partial charge in [0.25, 0.3) is 0 Å². The van der Waals surface area contributed by atoms with Gasteiger partial charge in [-0.05, 0) is 23.3 Å². The maximum absolute atomic E-state index is 11.6. The van der Waals surface area contributed by atoms with E-state index >= 15 is 0 Å². The molecule has 1 heterocycles. The number of nitrogens with zero attached hydrogens (tertiary/aromatic N) is 2. The van der Waals surface area contributed by atoms with E-state index in [1.54, 1.807) is 0 Å². The summed E-state index contributed by atoms with van der Waals surface area (Å²) in [5.74, 6) is -0.670. The molecule has 0 bridgehead atoms. The van der Waals surface area contributed by atoms with Crippen molar-refractivity contribution >= 4 is 17.5 Å². The Morgan fingerprint density at radius 1 is 0.909 bits per heavy atom. The van der Waals surface area contributed by atoms with E-state index in [4.69, 9.17) is 11.1 Å². The molecule has 4 N–H and O–H groups in total. The first kappa shape index (κ1) is 24.3. The second-order valence-corrected chi connectivity index (χ2v) is 8.51. The minimum atomic E-state index is -0.741. The molecule has 1 saturated heterocycles. The molecule has 1 fully saturated rings. The third-order valence-corrected chi connectivity index (χ3v) is 6.28. The molecular weight excluding hydrogens is 436 g/mol. The van der Waals surface area contributed by atoms with Gasteiger partial charge in [-0.1, -0.05) is 66.7 Å². The van der Waals surface area contributed by atoms with Crippen molar-refractivity contribution in [1.82, 2.24) is 0 Å². The highest BCUT2D eigenvalue weighted by atomic mass is 35.5. The van der Waals surface area contributed by atoms with E-state index in [0.717, 1.165) is 55.1 Å². The predicted octanol–water partition coefficient (Wildman–Crippen LogP) is 0.563. The van der Waals surface area contributed by atoms with Gasteiger partial charge in [0.05, 0.1) is 26.2 Å². The van der Waals surface area contributed by atoms with Gasteiger partial charge in [-0.15, -0.1) is 0 Å². The smallest absolute Gasteiger partial charge is 0.359 e. The summed E-state index contributed by atoms with van der Waals surface area (Å²) < 4.78 is 0.580. The average molecular weight is 465 g/mol. The van der Waals surface area contributed by atoms with Gasteiger partial charge in [-0.3, -0.25) is 5.41 Å². The lowest BCUT2D eigenvalue weighted by molar-refractivity contribution is -0.934. The minimum absolute atomic E-state index is 0. The number of nitrogens with one attached hydrogen (secondary N) is 1. The molecule has 1 aliphatic heterocycles. The Morgan fingerprint density at radius 3 is 1.97 bits per heavy atom. The summed E-state index contributed by atoms with van der Waals surface area (Å²) in [5, 5.41) is 17.0. The zero-order chi connectivity index (χ0) is 22.6. The van der Waals surface area contributed by atoms with E-state index in [1.165, 1.54) is 5.56 Å². The number of aliphatic carboxylic acids is 1. The molecule has 0 radical (unpaired) electrons. The Hall–Kier alpha value is -3.35. The van der Waals surface area contributed by atoms with Crippen molar-refractivity contribution in [3.63, 3.8) is 0 Å². The first-order chi connectivity index (χ1) is 15.4. The Bertz CT molecular complexity index is 1080. The Balaban J connectivity index is 0.00000306. The number of anilines is 1. The molecule has 0 aliphatic carbocycles. The fourth-order valence-electron chi connectivity index (χ4n) is 4.48. The van der Waals surface area contributed by atoms with Crippen LogP contribution in [0.15, 0.2) is 78.9 Å². The molecule has 0 saturated carbocycles. The van der Waals surface area contributed by atoms with Crippen LogP contribution in [0.1, 0.15) is 11.1 Å². The summed E-state index contributed by atoms with van der Waals surface area (Å²) >= 11 is 0. The van der Waals surface area contributed by atoms with Crippen LogP contribution < -0.4 is 23.0 Å². The van der Waals surface area contributed by atoms with Crippen molar-refractivity contribution in [3.05, 3.63) is 90.0 Å². The molecular formula is C26H29ClN4O2. The number of carboxylic acids is 1. The van der Waals surface area contributed by atoms with Crippen LogP contribution >= 0.6 is 0 Å². The van der Waals surface area contributed by atoms with Gasteiger partial charge in [0.15, 0.2) is 6.54 Å². The van der Waals surface area contributed by atoms with Crippen molar-refractivity contribution in [3.8, 4) is 11.1 Å². The van der Waals surface area contributed by atoms with Gasteiger partial charge in [-0.2, -0.15) is 0 Å². The van der Waals surface area contributed by atoms with Gasteiger partial charge in [0.2, 0.25) is 0 Å². The van der Waals surface area contributed by atoms with Crippen molar-refractivity contribution in [1.29, 1.82) is 5.41 Å². The summed E-state index contributed by atoms with van der Waals surface area (Å²) in [6, 6.07) is 26.3. The van der Waals surface area contributed by atoms with Crippen LogP contribution in [0.5, 0.6) is 0 Å². The number of nitrogens with two attached hydrogens (primary N) is 1. The number of hydrogen-bond donors (Lipinski definition) is 3. The molecule has 6 nitrogen and oxygen atoms in total. The number of quaternary nitrogens is 1. The highest BCUT2D eigenvalue weighted by Gasteiger charge is 2.35. The van der Waals surface area contributed by atoms with E-state index in [0.29, 0.717) is 4.48 Å². The number of carbonyl (C=O) groups is 1. The molecule has 33 heavy (non-hydrogen) atoms. The molecule has 3 aromatic carbocycles. The molecule has 0 atom stereocenters. The summed E-state index contributed by atoms with van der Waals surface area (Å²) in [7, 11) is 0. The van der Waals surface area contributed by atoms with Crippen LogP contribution in [0.3, 0.4) is 0 Å². The summed E-state index contributed by atoms with van der Waals surface area (Å²) in [5.41, 5.74) is 10.8. The molecule has 0 unspecified atom stereocenters. The average Bonchev–Trinajstić information content (AvgIpc) is 2.80. The second-order valence-electron chi connectivity index (χ2n) is 8.51. The number of rotatable bonds is 7. The first-order valence-corrected chi connectivity index (χ1v) is 10.8. The fourth-order valence-corrected chi connectivity index (χ4v) is 4.48. The topological polar surface area (TPSA) is 90.4 Å². The number of hydrogen-bond acceptors (Lipinski definition) is 3. The van der Waals surface area contributed by atoms with E-state index in [-0.39, 0.29) is 24.8 Å². The molecule has 0 spiro atoms. The molecule has 172 valence electrons. The Labute approximate surface area is 200 Å². The third kappa shape index (κ3) is 5.92. The molecule has 4 rings (SSSR count). The van der Waals surface area contributed by atoms with Gasteiger partial charge < -0.3 is 32.6 Å². The molecule has 0 amide bonds. The number of amidine groups is 1. The number of piperazine rings is 1. The van der Waals surface area contributed by atoms with E-state index in [2.05, 4.69) is 41.3 Å². The molecule has 1 aliphatic rings. The van der Waals surface area contributed by atoms with Crippen LogP contribution in [0.4, 0.5) is 5.69 Å². The highest BCUT2D eigenvalue weighted by molar-refractivity contribution is 5.95. The summed E-state index contributed by atoms with van der Waals surface area (Å²) in [4.78, 5) is 13.9. The molecule has 7 heteroatoms. The third-order valence-electron chi connectivity index (χ3n) is 6.28. The maximum Gasteiger partial charge on any atom is 0.359 e. The quantitative estimate of drug-likeness (QED) is 0.271. The van der Waals surface area contributed by atoms with Gasteiger partial charge in [-0.25, -0.2) is 4.79 Å². The number of carboxylic acid groups (broad SMARTS) is 1. The van der Waals surface area contributed by atoms with Crippen LogP contribution in [0.2, 0.25) is 0 Å². The van der Waals surface area contributed by atoms with Crippen molar-refractivity contribution in [2.45, 2.75) is 6.54 Å². The minimum Gasteiger partial charge on any atom is -1.00 e. The first-order valence-electron chi connectivity index (χ1n) is 10.8. The zero-order valence-corrected chi connectivity index (χ0v) is 19.2. The lowest BCUT2D eigenvalue weighted by Crippen LogP contribution is -3.00. The van der Waals surface area contributed by atoms with Gasteiger partial charge in [0.1, 0.15) is 12.4 Å². The Morgan fingerprint density at radius 2 is 1.45 bits per heavy atom. The molecule has 0 aromatic heterocycles. The van der Waals surface area contributed by atoms with E-state index in [9.17, 15) is 9.90 Å². The van der Waals surface area contributed by atoms with Crippen LogP contribution in [0, 0.1) is 5.41 Å². The fraction of sp³-hybridized carbons (Fsp3) is 0.231. The SMILES string of the molecule is N=C(N)c1ccc(-c2ccc(N3CC[N+](CC(=O)O)(Cc4ccccc4)CC3)cc2)cc1.[Cl-]. The highest BCUT2D eigenvalue weighted by Crippen LogP contribution is 2.26. The van der Waals surface area contributed by atoms with Crippen LogP contribution in [-0.2, 0) is 11.3 Å². The van der Waals surface area contributed by atoms with Crippen molar-refractivity contribution in [2.24, 2.45) is 5.73 Å². The second kappa shape index (κ2) is 10.5. The largest absolute Gasteiger partial charge is 1.00 e. The van der Waals surface area contributed by atoms with Crippen molar-refractivity contribution in [2.75, 3.05) is 37.6 Å². The summed E-state index contributed by atoms with van der Waals surface area (Å²) in [6.07, 6.45) is 0. The standard InChI is InChI=1S/C26H28N4O2.ClH/c27-26(28)23-8-6-21(7-9-23)22-10-12-24(13-11-22)29-14-16-30(17-15-29,19-25(31)32)18-20-4-2-1-3-5-20;/h1-13H,14-19H2,(H3-,27,28,31,32);1H. The van der Waals surface area contributed by atoms with Crippen LogP contribution in [-0.4, -0.2) is 54.1 Å². The Kier molecular flexibility index (Phi) is 7.74. The van der Waals surface area contributed by atoms with Gasteiger partial charge in [0, 0.05) is 16.8 Å². The monoisotopic (exact) mass is 464 g/mol. The number of nitrogen functional groups attached to an aromatic ring is 1. The van der Waals surface area contributed by atoms with E-state index < -0.39 is 5.97 Å².